The van der Waals surface area contributed by atoms with E-state index >= 15 is 0 Å². The van der Waals surface area contributed by atoms with Crippen molar-refractivity contribution in [3.05, 3.63) is 0 Å². The first kappa shape index (κ1) is 21.7. The number of hydrogen-bond acceptors (Lipinski definition) is 2. The summed E-state index contributed by atoms with van der Waals surface area (Å²) >= 11 is 0. The maximum absolute atomic E-state index is 5.33. The van der Waals surface area contributed by atoms with Gasteiger partial charge in [0.25, 0.3) is 0 Å². The third-order valence-electron chi connectivity index (χ3n) is 1.53. The summed E-state index contributed by atoms with van der Waals surface area (Å²) in [6, 6.07) is 0. The summed E-state index contributed by atoms with van der Waals surface area (Å²) in [5, 5.41) is 3.10. The predicted octanol–water partition coefficient (Wildman–Crippen LogP) is 3.71. The van der Waals surface area contributed by atoms with Gasteiger partial charge in [0.15, 0.2) is 0 Å². The van der Waals surface area contributed by atoms with Crippen LogP contribution in [0.25, 0.3) is 0 Å². The van der Waals surface area contributed by atoms with Crippen LogP contribution in [0.4, 0.5) is 0 Å². The van der Waals surface area contributed by atoms with E-state index in [4.69, 9.17) is 4.74 Å². The van der Waals surface area contributed by atoms with Crippen molar-refractivity contribution in [3.8, 4) is 11.8 Å². The first-order valence-corrected chi connectivity index (χ1v) is 6.98. The Morgan fingerprint density at radius 3 is 2.12 bits per heavy atom. The molecule has 17 heavy (non-hydrogen) atoms. The van der Waals surface area contributed by atoms with E-state index in [0.29, 0.717) is 12.5 Å². The molecule has 104 valence electrons. The van der Waals surface area contributed by atoms with Crippen LogP contribution in [0, 0.1) is 17.8 Å². The summed E-state index contributed by atoms with van der Waals surface area (Å²) in [4.78, 5) is 0. The van der Waals surface area contributed by atoms with Crippen LogP contribution in [0.3, 0.4) is 0 Å². The molecule has 0 aliphatic heterocycles. The highest BCUT2D eigenvalue weighted by Crippen LogP contribution is 1.88. The Bertz CT molecular complexity index is 156. The Morgan fingerprint density at radius 2 is 1.65 bits per heavy atom. The van der Waals surface area contributed by atoms with Crippen molar-refractivity contribution in [3.63, 3.8) is 0 Å². The monoisotopic (exact) mass is 243 g/mol. The highest BCUT2D eigenvalue weighted by atomic mass is 16.5. The van der Waals surface area contributed by atoms with Crippen molar-refractivity contribution in [2.75, 3.05) is 26.8 Å². The van der Waals surface area contributed by atoms with Gasteiger partial charge in [-0.2, -0.15) is 0 Å². The van der Waals surface area contributed by atoms with E-state index in [1.165, 1.54) is 6.42 Å². The third kappa shape index (κ3) is 31.3. The molecule has 2 nitrogen and oxygen atoms in total. The first-order valence-electron chi connectivity index (χ1n) is 6.98. The van der Waals surface area contributed by atoms with E-state index in [2.05, 4.69) is 31.0 Å². The van der Waals surface area contributed by atoms with Crippen LogP contribution in [0.5, 0.6) is 0 Å². The van der Waals surface area contributed by atoms with Crippen LogP contribution in [0.2, 0.25) is 0 Å². The van der Waals surface area contributed by atoms with Crippen molar-refractivity contribution in [2.24, 2.45) is 5.92 Å². The normalized spacial score (nSPS) is 8.24. The van der Waals surface area contributed by atoms with Gasteiger partial charge in [-0.25, -0.2) is 0 Å². The van der Waals surface area contributed by atoms with Gasteiger partial charge >= 0.3 is 0 Å². The van der Waals surface area contributed by atoms with Crippen LogP contribution in [-0.2, 0) is 4.74 Å². The van der Waals surface area contributed by atoms with E-state index < -0.39 is 0 Å². The van der Waals surface area contributed by atoms with Crippen molar-refractivity contribution >= 4 is 0 Å². The number of ether oxygens (including phenoxy) is 1. The van der Waals surface area contributed by atoms with Crippen LogP contribution in [0.15, 0.2) is 0 Å². The second-order valence-electron chi connectivity index (χ2n) is 3.34. The predicted molar refractivity (Wildman–Crippen MR) is 79.3 cm³/mol. The molecule has 0 unspecified atom stereocenters. The van der Waals surface area contributed by atoms with E-state index in [1.54, 1.807) is 0 Å². The lowest BCUT2D eigenvalue weighted by atomic mass is 10.2. The molecular weight excluding hydrogens is 210 g/mol. The van der Waals surface area contributed by atoms with E-state index in [0.717, 1.165) is 19.6 Å². The van der Waals surface area contributed by atoms with Gasteiger partial charge in [-0.1, -0.05) is 53.4 Å². The minimum absolute atomic E-state index is 0.452. The zero-order valence-electron chi connectivity index (χ0n) is 13.0. The van der Waals surface area contributed by atoms with Crippen LogP contribution < -0.4 is 5.32 Å². The van der Waals surface area contributed by atoms with Gasteiger partial charge in [0.2, 0.25) is 0 Å². The Kier molecular flexibility index (Phi) is 31.5. The molecule has 0 aliphatic rings. The summed E-state index contributed by atoms with van der Waals surface area (Å²) in [6.45, 7) is 14.6. The average molecular weight is 243 g/mol. The van der Waals surface area contributed by atoms with Gasteiger partial charge in [0.05, 0.1) is 0 Å². The minimum Gasteiger partial charge on any atom is -0.369 e. The molecule has 0 aromatic heterocycles. The Labute approximate surface area is 110 Å². The van der Waals surface area contributed by atoms with Crippen LogP contribution >= 0.6 is 0 Å². The third-order valence-corrected chi connectivity index (χ3v) is 1.53. The molecule has 0 spiro atoms. The maximum atomic E-state index is 5.33. The van der Waals surface area contributed by atoms with Crippen molar-refractivity contribution in [2.45, 2.75) is 54.4 Å². The summed E-state index contributed by atoms with van der Waals surface area (Å²) in [7, 11) is 1.97. The van der Waals surface area contributed by atoms with E-state index in [-0.39, 0.29) is 0 Å². The molecule has 0 aromatic rings. The standard InChI is InChI=1S/C11H21NO.2C2H6/c1-11(2)7-6-10-13-9-5-4-8-12-3;2*1-2/h11-12H,4-5,8-10H2,1-3H3;2*1-2H3. The molecule has 0 amide bonds. The molecule has 0 saturated heterocycles. The van der Waals surface area contributed by atoms with E-state index in [9.17, 15) is 0 Å². The molecule has 0 bridgehead atoms. The Balaban J connectivity index is -0.000000439. The fraction of sp³-hybridized carbons (Fsp3) is 0.867. The smallest absolute Gasteiger partial charge is 0.107 e. The molecule has 0 aromatic carbocycles. The lowest BCUT2D eigenvalue weighted by molar-refractivity contribution is 0.162. The fourth-order valence-electron chi connectivity index (χ4n) is 0.875. The molecule has 0 rings (SSSR count). The van der Waals surface area contributed by atoms with Gasteiger partial charge in [-0.05, 0) is 26.4 Å². The van der Waals surface area contributed by atoms with Gasteiger partial charge < -0.3 is 10.1 Å². The largest absolute Gasteiger partial charge is 0.369 e. The highest BCUT2D eigenvalue weighted by Gasteiger charge is 1.86. The second-order valence-corrected chi connectivity index (χ2v) is 3.34. The van der Waals surface area contributed by atoms with Gasteiger partial charge in [0.1, 0.15) is 6.61 Å². The highest BCUT2D eigenvalue weighted by molar-refractivity contribution is 5.01. The van der Waals surface area contributed by atoms with Crippen LogP contribution in [-0.4, -0.2) is 26.8 Å². The maximum Gasteiger partial charge on any atom is 0.107 e. The number of nitrogens with one attached hydrogen (secondary N) is 1. The average Bonchev–Trinajstić information content (AvgIpc) is 2.37. The lowest BCUT2D eigenvalue weighted by Crippen LogP contribution is -2.08. The van der Waals surface area contributed by atoms with Gasteiger partial charge in [-0.3, -0.25) is 0 Å². The van der Waals surface area contributed by atoms with Gasteiger partial charge in [-0.15, -0.1) is 0 Å². The summed E-state index contributed by atoms with van der Waals surface area (Å²) in [6.07, 6.45) is 2.29. The van der Waals surface area contributed by atoms with Crippen molar-refractivity contribution in [1.82, 2.24) is 5.32 Å². The molecule has 0 saturated carbocycles. The Hall–Kier alpha value is -0.520. The molecule has 1 N–H and O–H groups in total. The zero-order chi connectivity index (χ0) is 13.9. The number of rotatable bonds is 6. The lowest BCUT2D eigenvalue weighted by Gasteiger charge is -1.99. The molecule has 0 heterocycles. The zero-order valence-corrected chi connectivity index (χ0v) is 13.0. The Morgan fingerprint density at radius 1 is 1.06 bits per heavy atom. The molecular formula is C15H33NO. The summed E-state index contributed by atoms with van der Waals surface area (Å²) in [5.74, 6) is 6.50. The molecule has 0 fully saturated rings. The quantitative estimate of drug-likeness (QED) is 0.567. The summed E-state index contributed by atoms with van der Waals surface area (Å²) < 4.78 is 5.33. The van der Waals surface area contributed by atoms with Crippen molar-refractivity contribution in [1.29, 1.82) is 0 Å². The number of hydrogen-bond donors (Lipinski definition) is 1. The summed E-state index contributed by atoms with van der Waals surface area (Å²) in [5.41, 5.74) is 0. The number of unbranched alkanes of at least 4 members (excludes halogenated alkanes) is 1. The molecule has 2 heteroatoms. The SMILES string of the molecule is CC.CC.CNCCCCOCC#CC(C)C. The minimum atomic E-state index is 0.452. The molecule has 0 radical (unpaired) electrons. The molecule has 0 aliphatic carbocycles. The topological polar surface area (TPSA) is 21.3 Å². The second kappa shape index (κ2) is 24.6. The van der Waals surface area contributed by atoms with Gasteiger partial charge in [0, 0.05) is 12.5 Å². The first-order chi connectivity index (χ1) is 8.27. The van der Waals surface area contributed by atoms with Crippen molar-refractivity contribution < 1.29 is 4.74 Å². The van der Waals surface area contributed by atoms with Crippen LogP contribution in [0.1, 0.15) is 54.4 Å². The molecule has 0 atom stereocenters. The fourth-order valence-corrected chi connectivity index (χ4v) is 0.875. The van der Waals surface area contributed by atoms with E-state index in [1.807, 2.05) is 34.7 Å².